The maximum atomic E-state index is 15.1. The van der Waals surface area contributed by atoms with Crippen LogP contribution in [0.1, 0.15) is 18.4 Å². The molecule has 0 radical (unpaired) electrons. The number of phenols is 1. The molecule has 1 unspecified atom stereocenters. The molecule has 2 heterocycles. The molecule has 12 nitrogen and oxygen atoms in total. The molecule has 0 aliphatic carbocycles. The zero-order chi connectivity index (χ0) is 23.1. The lowest BCUT2D eigenvalue weighted by Gasteiger charge is -2.32. The molecule has 2 aliphatic rings. The summed E-state index contributed by atoms with van der Waals surface area (Å²) in [6, 6.07) is 1.96. The van der Waals surface area contributed by atoms with Gasteiger partial charge in [-0.1, -0.05) is 6.08 Å². The molecule has 31 heavy (non-hydrogen) atoms. The van der Waals surface area contributed by atoms with Gasteiger partial charge < -0.3 is 41.1 Å². The molecule has 0 saturated carbocycles. The summed E-state index contributed by atoms with van der Waals surface area (Å²) in [6.07, 6.45) is 1.10. The molecule has 0 aromatic heterocycles. The molecule has 1 fully saturated rings. The van der Waals surface area contributed by atoms with Crippen molar-refractivity contribution in [2.45, 2.75) is 30.8 Å². The van der Waals surface area contributed by atoms with Crippen molar-refractivity contribution >= 4 is 28.3 Å². The Balaban J connectivity index is 1.80. The average molecular weight is 463 g/mol. The van der Waals surface area contributed by atoms with Gasteiger partial charge in [-0.05, 0) is 30.5 Å². The first-order valence-corrected chi connectivity index (χ1v) is 10.2. The highest BCUT2D eigenvalue weighted by Gasteiger charge is 2.47. The minimum atomic E-state index is -3.56. The Kier molecular flexibility index (Phi) is 6.37. The Bertz CT molecular complexity index is 915. The van der Waals surface area contributed by atoms with Gasteiger partial charge in [-0.3, -0.25) is 13.8 Å². The summed E-state index contributed by atoms with van der Waals surface area (Å²) in [5, 5.41) is 68.3. The number of aliphatic hydroxyl groups is 6. The summed E-state index contributed by atoms with van der Waals surface area (Å²) < 4.78 is 30.1. The van der Waals surface area contributed by atoms with Crippen molar-refractivity contribution in [1.82, 2.24) is 10.0 Å². The number of carbonyl (C=O) groups excluding carboxylic acids is 1. The summed E-state index contributed by atoms with van der Waals surface area (Å²) in [6.45, 7) is -0.264. The fraction of sp³-hybridized carbons (Fsp3) is 0.471. The van der Waals surface area contributed by atoms with Crippen LogP contribution in [0.25, 0.3) is 5.57 Å². The number of anilines is 1. The van der Waals surface area contributed by atoms with E-state index in [0.717, 1.165) is 4.31 Å². The second-order valence-electron chi connectivity index (χ2n) is 7.29. The van der Waals surface area contributed by atoms with Gasteiger partial charge >= 0.3 is 0 Å². The van der Waals surface area contributed by atoms with Crippen molar-refractivity contribution in [3.05, 3.63) is 29.6 Å². The summed E-state index contributed by atoms with van der Waals surface area (Å²) >= 11 is -2.05. The van der Waals surface area contributed by atoms with E-state index < -0.39 is 71.2 Å². The van der Waals surface area contributed by atoms with E-state index in [2.05, 4.69) is 10.0 Å². The van der Waals surface area contributed by atoms with Crippen molar-refractivity contribution in [3.63, 3.8) is 0 Å². The number of phenolic OH excluding ortho intramolecular Hbond substituents is 1. The number of nitrogens with zero attached hydrogens (tertiary/aromatic N) is 1. The summed E-state index contributed by atoms with van der Waals surface area (Å²) in [4.78, 5) is 11.4. The Morgan fingerprint density at radius 3 is 2.39 bits per heavy atom. The number of rotatable bonds is 7. The SMILES string of the molecule is O=C1CN(c2c(O)ccc(C3=C[C@H](CCC(C(O)(O)O)C(O)(O)O)NC3)c2F)S(=O)N1. The molecule has 2 aliphatic heterocycles. The van der Waals surface area contributed by atoms with Crippen LogP contribution in [0, 0.1) is 11.7 Å². The van der Waals surface area contributed by atoms with Gasteiger partial charge in [0.05, 0.1) is 0 Å². The van der Waals surface area contributed by atoms with Crippen molar-refractivity contribution in [3.8, 4) is 5.75 Å². The van der Waals surface area contributed by atoms with Crippen LogP contribution in [0.5, 0.6) is 5.75 Å². The van der Waals surface area contributed by atoms with E-state index in [1.165, 1.54) is 12.1 Å². The summed E-state index contributed by atoms with van der Waals surface area (Å²) in [7, 11) is 0. The summed E-state index contributed by atoms with van der Waals surface area (Å²) in [5.74, 6) is -11.3. The molecule has 2 atom stereocenters. The number of hydrogen-bond donors (Lipinski definition) is 9. The zero-order valence-corrected chi connectivity index (χ0v) is 16.7. The topological polar surface area (TPSA) is 203 Å². The Morgan fingerprint density at radius 2 is 1.84 bits per heavy atom. The molecule has 1 aromatic carbocycles. The summed E-state index contributed by atoms with van der Waals surface area (Å²) in [5.41, 5.74) is 0.0725. The minimum absolute atomic E-state index is 0.0118. The van der Waals surface area contributed by atoms with Crippen LogP contribution in [-0.2, 0) is 16.0 Å². The predicted octanol–water partition coefficient (Wildman–Crippen LogP) is -2.94. The van der Waals surface area contributed by atoms with Gasteiger partial charge in [-0.15, -0.1) is 0 Å². The van der Waals surface area contributed by atoms with Crippen LogP contribution in [0.15, 0.2) is 18.2 Å². The third-order valence-corrected chi connectivity index (χ3v) is 6.15. The smallest absolute Gasteiger partial charge is 0.286 e. The molecule has 14 heteroatoms. The van der Waals surface area contributed by atoms with E-state index in [-0.39, 0.29) is 18.5 Å². The van der Waals surface area contributed by atoms with Gasteiger partial charge in [0.1, 0.15) is 23.9 Å². The lowest BCUT2D eigenvalue weighted by molar-refractivity contribution is -0.440. The number of nitrogens with one attached hydrogen (secondary N) is 2. The van der Waals surface area contributed by atoms with Crippen LogP contribution in [-0.4, -0.2) is 76.9 Å². The van der Waals surface area contributed by atoms with Gasteiger partial charge in [-0.25, -0.2) is 8.60 Å². The first kappa shape index (κ1) is 23.5. The van der Waals surface area contributed by atoms with Crippen molar-refractivity contribution in [1.29, 1.82) is 0 Å². The van der Waals surface area contributed by atoms with Gasteiger partial charge in [0.25, 0.3) is 17.9 Å². The van der Waals surface area contributed by atoms with Gasteiger partial charge in [-0.2, -0.15) is 0 Å². The third-order valence-electron chi connectivity index (χ3n) is 5.04. The molecule has 1 aromatic rings. The first-order valence-electron chi connectivity index (χ1n) is 9.08. The molecule has 1 saturated heterocycles. The number of aromatic hydroxyl groups is 1. The molecular weight excluding hydrogens is 441 g/mol. The highest BCUT2D eigenvalue weighted by Crippen LogP contribution is 2.37. The number of carbonyl (C=O) groups is 1. The Labute approximate surface area is 177 Å². The highest BCUT2D eigenvalue weighted by atomic mass is 32.2. The van der Waals surface area contributed by atoms with E-state index in [4.69, 9.17) is 0 Å². The number of benzene rings is 1. The van der Waals surface area contributed by atoms with E-state index >= 15 is 4.39 Å². The number of hydrogen-bond acceptors (Lipinski definition) is 10. The molecule has 9 N–H and O–H groups in total. The molecular formula is C17H22FN3O9S. The molecule has 1 amide bonds. The average Bonchev–Trinajstić information content (AvgIpc) is 3.19. The number of amides is 1. The van der Waals surface area contributed by atoms with E-state index in [0.29, 0.717) is 5.57 Å². The maximum absolute atomic E-state index is 15.1. The third kappa shape index (κ3) is 5.02. The lowest BCUT2D eigenvalue weighted by atomic mass is 9.94. The van der Waals surface area contributed by atoms with E-state index in [1.54, 1.807) is 6.08 Å². The minimum Gasteiger partial charge on any atom is -0.506 e. The van der Waals surface area contributed by atoms with Crippen LogP contribution in [0.4, 0.5) is 10.1 Å². The Hall–Kier alpha value is -2.17. The van der Waals surface area contributed by atoms with Crippen molar-refractivity contribution in [2.75, 3.05) is 17.4 Å². The second kappa shape index (κ2) is 8.40. The Morgan fingerprint density at radius 1 is 1.19 bits per heavy atom. The van der Waals surface area contributed by atoms with Crippen LogP contribution in [0.2, 0.25) is 0 Å². The quantitative estimate of drug-likeness (QED) is 0.188. The largest absolute Gasteiger partial charge is 0.506 e. The molecule has 172 valence electrons. The zero-order valence-electron chi connectivity index (χ0n) is 15.9. The highest BCUT2D eigenvalue weighted by molar-refractivity contribution is 7.85. The van der Waals surface area contributed by atoms with Crippen LogP contribution in [0.3, 0.4) is 0 Å². The lowest BCUT2D eigenvalue weighted by Crippen LogP contribution is -2.52. The van der Waals surface area contributed by atoms with Gasteiger partial charge in [0.15, 0.2) is 5.82 Å². The van der Waals surface area contributed by atoms with Crippen molar-refractivity contribution in [2.24, 2.45) is 5.92 Å². The van der Waals surface area contributed by atoms with E-state index in [9.17, 15) is 44.7 Å². The van der Waals surface area contributed by atoms with Crippen LogP contribution < -0.4 is 14.3 Å². The van der Waals surface area contributed by atoms with Gasteiger partial charge in [0.2, 0.25) is 11.2 Å². The van der Waals surface area contributed by atoms with Crippen LogP contribution >= 0.6 is 0 Å². The van der Waals surface area contributed by atoms with Gasteiger partial charge in [0, 0.05) is 18.2 Å². The fourth-order valence-corrected chi connectivity index (χ4v) is 4.48. The first-order chi connectivity index (χ1) is 14.3. The monoisotopic (exact) mass is 463 g/mol. The predicted molar refractivity (Wildman–Crippen MR) is 103 cm³/mol. The standard InChI is InChI=1S/C17H22FN3O9S/c18-14-10(2-3-11(22)15(14)21-7-13(23)20-31(21)30)8-5-9(19-6-8)1-4-12(16(24,25)26)17(27,28)29/h2-3,5,9,12,19,22,24-29H,1,4,6-7H2,(H,20,23)/t9-,31?/m0/s1. The second-order valence-corrected chi connectivity index (χ2v) is 8.43. The molecule has 0 bridgehead atoms. The fourth-order valence-electron chi connectivity index (χ4n) is 3.54. The number of halogens is 1. The normalized spacial score (nSPS) is 22.3. The van der Waals surface area contributed by atoms with Crippen molar-refractivity contribution < 1.29 is 49.1 Å². The molecule has 3 rings (SSSR count). The van der Waals surface area contributed by atoms with E-state index in [1.807, 2.05) is 0 Å². The molecule has 0 spiro atoms. The maximum Gasteiger partial charge on any atom is 0.286 e.